The molecule has 25 heavy (non-hydrogen) atoms. The number of hydrogen-bond acceptors (Lipinski definition) is 4. The fraction of sp³-hybridized carbons (Fsp3) is 0.562. The van der Waals surface area contributed by atoms with Crippen molar-refractivity contribution >= 4 is 15.9 Å². The van der Waals surface area contributed by atoms with Gasteiger partial charge in [-0.15, -0.1) is 0 Å². The maximum absolute atomic E-state index is 13.0. The predicted molar refractivity (Wildman–Crippen MR) is 89.8 cm³/mol. The molecule has 2 rings (SSSR count). The van der Waals surface area contributed by atoms with Crippen LogP contribution in [0.25, 0.3) is 0 Å². The van der Waals surface area contributed by atoms with Crippen LogP contribution in [0.4, 0.5) is 8.78 Å². The first-order valence-corrected chi connectivity index (χ1v) is 9.62. The van der Waals surface area contributed by atoms with Crippen molar-refractivity contribution in [1.29, 1.82) is 0 Å². The summed E-state index contributed by atoms with van der Waals surface area (Å²) >= 11 is 0. The first-order valence-electron chi connectivity index (χ1n) is 8.18. The van der Waals surface area contributed by atoms with E-state index in [1.807, 2.05) is 0 Å². The van der Waals surface area contributed by atoms with Crippen LogP contribution in [0.2, 0.25) is 0 Å². The van der Waals surface area contributed by atoms with Gasteiger partial charge in [0.05, 0.1) is 24.4 Å². The molecule has 0 spiro atoms. The number of benzene rings is 1. The highest BCUT2D eigenvalue weighted by molar-refractivity contribution is 7.89. The number of halogens is 2. The molecule has 9 heteroatoms. The first kappa shape index (κ1) is 19.7. The number of carbonyl (C=O) groups excluding carboxylic acids is 1. The van der Waals surface area contributed by atoms with E-state index in [9.17, 15) is 22.0 Å². The lowest BCUT2D eigenvalue weighted by molar-refractivity contribution is -0.122. The quantitative estimate of drug-likeness (QED) is 0.747. The molecule has 0 atom stereocenters. The van der Waals surface area contributed by atoms with Crippen molar-refractivity contribution < 1.29 is 22.0 Å². The summed E-state index contributed by atoms with van der Waals surface area (Å²) in [6.07, 6.45) is 2.63. The Hall–Kier alpha value is -1.58. The van der Waals surface area contributed by atoms with Crippen molar-refractivity contribution in [3.05, 3.63) is 29.8 Å². The van der Waals surface area contributed by atoms with Crippen LogP contribution in [-0.2, 0) is 21.2 Å². The normalized spacial score (nSPS) is 16.6. The number of amides is 1. The monoisotopic (exact) mass is 375 g/mol. The van der Waals surface area contributed by atoms with E-state index in [0.717, 1.165) is 19.3 Å². The second-order valence-electron chi connectivity index (χ2n) is 6.12. The minimum absolute atomic E-state index is 0.106. The smallest absolute Gasteiger partial charge is 0.277 e. The van der Waals surface area contributed by atoms with Crippen molar-refractivity contribution in [2.24, 2.45) is 5.73 Å². The van der Waals surface area contributed by atoms with Crippen LogP contribution < -0.4 is 11.1 Å². The van der Waals surface area contributed by atoms with Crippen molar-refractivity contribution in [2.75, 3.05) is 26.2 Å². The SMILES string of the molecule is NCC(F)(F)CNC(=O)Cc1ccc(S(=O)(=O)N2CCCCC2)cc1. The number of alkyl halides is 2. The highest BCUT2D eigenvalue weighted by Crippen LogP contribution is 2.21. The zero-order chi connectivity index (χ0) is 18.5. The first-order chi connectivity index (χ1) is 11.7. The summed E-state index contributed by atoms with van der Waals surface area (Å²) in [5, 5.41) is 2.12. The van der Waals surface area contributed by atoms with E-state index in [-0.39, 0.29) is 11.3 Å². The minimum Gasteiger partial charge on any atom is -0.350 e. The third kappa shape index (κ3) is 5.45. The lowest BCUT2D eigenvalue weighted by Gasteiger charge is -2.25. The standard InChI is InChI=1S/C16H23F2N3O3S/c17-16(18,11-19)12-20-15(22)10-13-4-6-14(7-5-13)25(23,24)21-8-2-1-3-9-21/h4-7H,1-3,8-12,19H2,(H,20,22). The van der Waals surface area contributed by atoms with E-state index in [0.29, 0.717) is 18.7 Å². The number of sulfonamides is 1. The molecule has 0 aromatic heterocycles. The van der Waals surface area contributed by atoms with Crippen molar-refractivity contribution in [3.63, 3.8) is 0 Å². The Bertz CT molecular complexity index is 687. The Morgan fingerprint density at radius 2 is 1.76 bits per heavy atom. The number of hydrogen-bond donors (Lipinski definition) is 2. The van der Waals surface area contributed by atoms with E-state index in [1.54, 1.807) is 0 Å². The van der Waals surface area contributed by atoms with Gasteiger partial charge in [0.25, 0.3) is 5.92 Å². The lowest BCUT2D eigenvalue weighted by atomic mass is 10.1. The zero-order valence-electron chi connectivity index (χ0n) is 13.9. The number of nitrogens with zero attached hydrogens (tertiary/aromatic N) is 1. The number of rotatable bonds is 7. The van der Waals surface area contributed by atoms with Crippen molar-refractivity contribution in [2.45, 2.75) is 36.5 Å². The molecule has 1 heterocycles. The lowest BCUT2D eigenvalue weighted by Crippen LogP contribution is -2.42. The Morgan fingerprint density at radius 1 is 1.16 bits per heavy atom. The molecule has 1 aliphatic heterocycles. The zero-order valence-corrected chi connectivity index (χ0v) is 14.7. The highest BCUT2D eigenvalue weighted by Gasteiger charge is 2.27. The summed E-state index contributed by atoms with van der Waals surface area (Å²) in [6.45, 7) is -0.621. The Labute approximate surface area is 146 Å². The molecule has 0 radical (unpaired) electrons. The Kier molecular flexibility index (Phi) is 6.47. The fourth-order valence-corrected chi connectivity index (χ4v) is 4.10. The second-order valence-corrected chi connectivity index (χ2v) is 8.06. The van der Waals surface area contributed by atoms with Gasteiger partial charge >= 0.3 is 0 Å². The highest BCUT2D eigenvalue weighted by atomic mass is 32.2. The van der Waals surface area contributed by atoms with Crippen LogP contribution in [0.5, 0.6) is 0 Å². The van der Waals surface area contributed by atoms with Gasteiger partial charge in [0.2, 0.25) is 15.9 Å². The van der Waals surface area contributed by atoms with Gasteiger partial charge in [-0.1, -0.05) is 18.6 Å². The molecule has 1 fully saturated rings. The molecule has 0 saturated carbocycles. The summed E-state index contributed by atoms with van der Waals surface area (Å²) < 4.78 is 52.5. The third-order valence-electron chi connectivity index (χ3n) is 4.08. The molecule has 0 bridgehead atoms. The maximum atomic E-state index is 13.0. The van der Waals surface area contributed by atoms with Crippen LogP contribution >= 0.6 is 0 Å². The van der Waals surface area contributed by atoms with Gasteiger partial charge in [0.15, 0.2) is 0 Å². The van der Waals surface area contributed by atoms with Gasteiger partial charge < -0.3 is 11.1 Å². The van der Waals surface area contributed by atoms with E-state index < -0.39 is 34.9 Å². The third-order valence-corrected chi connectivity index (χ3v) is 6.00. The molecule has 3 N–H and O–H groups in total. The van der Waals surface area contributed by atoms with Crippen molar-refractivity contribution in [3.8, 4) is 0 Å². The number of piperidine rings is 1. The molecule has 0 unspecified atom stereocenters. The van der Waals surface area contributed by atoms with Crippen LogP contribution in [0, 0.1) is 0 Å². The van der Waals surface area contributed by atoms with E-state index >= 15 is 0 Å². The summed E-state index contributed by atoms with van der Waals surface area (Å²) in [5.41, 5.74) is 5.45. The topological polar surface area (TPSA) is 92.5 Å². The van der Waals surface area contributed by atoms with Gasteiger partial charge in [0, 0.05) is 13.1 Å². The maximum Gasteiger partial charge on any atom is 0.277 e. The summed E-state index contributed by atoms with van der Waals surface area (Å²) in [4.78, 5) is 11.9. The van der Waals surface area contributed by atoms with Gasteiger partial charge in [-0.05, 0) is 30.5 Å². The van der Waals surface area contributed by atoms with Gasteiger partial charge in [0.1, 0.15) is 0 Å². The molecule has 6 nitrogen and oxygen atoms in total. The van der Waals surface area contributed by atoms with Crippen LogP contribution in [0.1, 0.15) is 24.8 Å². The van der Waals surface area contributed by atoms with Crippen LogP contribution in [-0.4, -0.2) is 50.7 Å². The largest absolute Gasteiger partial charge is 0.350 e. The predicted octanol–water partition coefficient (Wildman–Crippen LogP) is 1.11. The number of nitrogens with two attached hydrogens (primary N) is 1. The average molecular weight is 375 g/mol. The molecular weight excluding hydrogens is 352 g/mol. The number of nitrogens with one attached hydrogen (secondary N) is 1. The average Bonchev–Trinajstić information content (AvgIpc) is 2.61. The molecule has 1 saturated heterocycles. The number of carbonyl (C=O) groups is 1. The van der Waals surface area contributed by atoms with E-state index in [2.05, 4.69) is 5.32 Å². The Morgan fingerprint density at radius 3 is 2.32 bits per heavy atom. The van der Waals surface area contributed by atoms with Crippen LogP contribution in [0.3, 0.4) is 0 Å². The van der Waals surface area contributed by atoms with E-state index in [4.69, 9.17) is 5.73 Å². The fourth-order valence-electron chi connectivity index (χ4n) is 2.58. The molecular formula is C16H23F2N3O3S. The van der Waals surface area contributed by atoms with Crippen molar-refractivity contribution in [1.82, 2.24) is 9.62 Å². The summed E-state index contributed by atoms with van der Waals surface area (Å²) in [5.74, 6) is -3.71. The Balaban J connectivity index is 1.96. The molecule has 1 aromatic rings. The van der Waals surface area contributed by atoms with Gasteiger partial charge in [-0.25, -0.2) is 17.2 Å². The van der Waals surface area contributed by atoms with E-state index in [1.165, 1.54) is 28.6 Å². The molecule has 140 valence electrons. The molecule has 0 aliphatic carbocycles. The van der Waals surface area contributed by atoms with Gasteiger partial charge in [-0.3, -0.25) is 4.79 Å². The molecule has 1 amide bonds. The van der Waals surface area contributed by atoms with Gasteiger partial charge in [-0.2, -0.15) is 4.31 Å². The summed E-state index contributed by atoms with van der Waals surface area (Å²) in [6, 6.07) is 5.94. The molecule has 1 aliphatic rings. The van der Waals surface area contributed by atoms with Crippen LogP contribution in [0.15, 0.2) is 29.2 Å². The molecule has 1 aromatic carbocycles. The second kappa shape index (κ2) is 8.20. The summed E-state index contributed by atoms with van der Waals surface area (Å²) in [7, 11) is -3.52. The minimum atomic E-state index is -3.52.